The van der Waals surface area contributed by atoms with E-state index in [9.17, 15) is 9.59 Å². The molecule has 2 aromatic carbocycles. The molecule has 0 fully saturated rings. The number of benzene rings is 2. The highest BCUT2D eigenvalue weighted by atomic mass is 16.6. The second kappa shape index (κ2) is 9.61. The van der Waals surface area contributed by atoms with E-state index in [1.54, 1.807) is 31.2 Å². The first-order valence-corrected chi connectivity index (χ1v) is 8.87. The van der Waals surface area contributed by atoms with E-state index < -0.39 is 12.1 Å². The van der Waals surface area contributed by atoms with Crippen molar-refractivity contribution in [2.75, 3.05) is 11.9 Å². The Morgan fingerprint density at radius 2 is 1.73 bits per heavy atom. The molecule has 26 heavy (non-hydrogen) atoms. The minimum Gasteiger partial charge on any atom is -0.479 e. The molecule has 2 aromatic rings. The Morgan fingerprint density at radius 1 is 1.04 bits per heavy atom. The summed E-state index contributed by atoms with van der Waals surface area (Å²) in [7, 11) is 0. The topological polar surface area (TPSA) is 64.6 Å². The highest BCUT2D eigenvalue weighted by Crippen LogP contribution is 2.18. The van der Waals surface area contributed by atoms with Crippen LogP contribution in [0.5, 0.6) is 5.75 Å². The molecule has 0 aliphatic rings. The quantitative estimate of drug-likeness (QED) is 0.720. The van der Waals surface area contributed by atoms with Crippen LogP contribution < -0.4 is 10.1 Å². The predicted octanol–water partition coefficient (Wildman–Crippen LogP) is 4.22. The first-order chi connectivity index (χ1) is 12.5. The van der Waals surface area contributed by atoms with Crippen molar-refractivity contribution in [1.29, 1.82) is 0 Å². The molecule has 0 saturated carbocycles. The zero-order chi connectivity index (χ0) is 18.9. The van der Waals surface area contributed by atoms with Crippen molar-refractivity contribution in [3.63, 3.8) is 0 Å². The minimum absolute atomic E-state index is 0.187. The van der Waals surface area contributed by atoms with E-state index in [-0.39, 0.29) is 5.91 Å². The van der Waals surface area contributed by atoms with Gasteiger partial charge in [-0.2, -0.15) is 0 Å². The van der Waals surface area contributed by atoms with Crippen molar-refractivity contribution >= 4 is 17.6 Å². The van der Waals surface area contributed by atoms with Crippen LogP contribution in [0.15, 0.2) is 48.5 Å². The molecule has 0 unspecified atom stereocenters. The molecule has 1 amide bonds. The van der Waals surface area contributed by atoms with E-state index in [1.165, 1.54) is 0 Å². The van der Waals surface area contributed by atoms with Crippen molar-refractivity contribution in [3.8, 4) is 5.75 Å². The molecule has 138 valence electrons. The predicted molar refractivity (Wildman–Crippen MR) is 102 cm³/mol. The Labute approximate surface area is 154 Å². The number of ether oxygens (including phenoxy) is 2. The number of esters is 1. The summed E-state index contributed by atoms with van der Waals surface area (Å²) < 4.78 is 10.6. The van der Waals surface area contributed by atoms with Crippen molar-refractivity contribution in [2.45, 2.75) is 39.7 Å². The number of rotatable bonds is 8. The van der Waals surface area contributed by atoms with Gasteiger partial charge in [-0.25, -0.2) is 4.79 Å². The molecule has 0 bridgehead atoms. The summed E-state index contributed by atoms with van der Waals surface area (Å²) in [6.07, 6.45) is 0.913. The molecule has 0 heterocycles. The number of carbonyl (C=O) groups excluding carboxylic acids is 2. The summed E-state index contributed by atoms with van der Waals surface area (Å²) in [5, 5.41) is 2.93. The zero-order valence-electron chi connectivity index (χ0n) is 15.5. The van der Waals surface area contributed by atoms with Crippen LogP contribution in [0.2, 0.25) is 0 Å². The fourth-order valence-electron chi connectivity index (χ4n) is 2.40. The Balaban J connectivity index is 1.98. The Kier molecular flexibility index (Phi) is 7.21. The fourth-order valence-corrected chi connectivity index (χ4v) is 2.40. The standard InChI is InChI=1S/C21H25NO4/c1-4-14-25-21(24)15(3)26-18-12-10-17(11-13-18)20(23)22-19-9-7-6-8-16(19)5-2/h6-13,15H,4-5,14H2,1-3H3,(H,22,23)/t15-/m0/s1. The second-order valence-corrected chi connectivity index (χ2v) is 5.92. The maximum Gasteiger partial charge on any atom is 0.347 e. The van der Waals surface area contributed by atoms with Crippen LogP contribution in [0, 0.1) is 0 Å². The summed E-state index contributed by atoms with van der Waals surface area (Å²) in [4.78, 5) is 24.1. The van der Waals surface area contributed by atoms with E-state index >= 15 is 0 Å². The van der Waals surface area contributed by atoms with Gasteiger partial charge in [0.05, 0.1) is 6.61 Å². The number of anilines is 1. The normalized spacial score (nSPS) is 11.5. The summed E-state index contributed by atoms with van der Waals surface area (Å²) in [6, 6.07) is 14.4. The highest BCUT2D eigenvalue weighted by Gasteiger charge is 2.16. The molecule has 0 spiro atoms. The molecule has 5 nitrogen and oxygen atoms in total. The minimum atomic E-state index is -0.697. The number of para-hydroxylation sites is 1. The number of hydrogen-bond acceptors (Lipinski definition) is 4. The monoisotopic (exact) mass is 355 g/mol. The van der Waals surface area contributed by atoms with Crippen LogP contribution in [-0.4, -0.2) is 24.6 Å². The van der Waals surface area contributed by atoms with Crippen LogP contribution in [-0.2, 0) is 16.0 Å². The zero-order valence-corrected chi connectivity index (χ0v) is 15.5. The lowest BCUT2D eigenvalue weighted by molar-refractivity contribution is -0.151. The molecule has 1 N–H and O–H groups in total. The molecule has 0 aliphatic carbocycles. The van der Waals surface area contributed by atoms with Gasteiger partial charge in [-0.15, -0.1) is 0 Å². The maximum atomic E-state index is 12.4. The van der Waals surface area contributed by atoms with Gasteiger partial charge in [0.1, 0.15) is 5.75 Å². The van der Waals surface area contributed by atoms with Crippen LogP contribution in [0.1, 0.15) is 43.1 Å². The average Bonchev–Trinajstić information content (AvgIpc) is 2.66. The summed E-state index contributed by atoms with van der Waals surface area (Å²) in [5.41, 5.74) is 2.41. The summed E-state index contributed by atoms with van der Waals surface area (Å²) in [6.45, 7) is 6.00. The smallest absolute Gasteiger partial charge is 0.347 e. The van der Waals surface area contributed by atoms with Gasteiger partial charge in [-0.3, -0.25) is 4.79 Å². The lowest BCUT2D eigenvalue weighted by atomic mass is 10.1. The fraction of sp³-hybridized carbons (Fsp3) is 0.333. The van der Waals surface area contributed by atoms with E-state index in [0.717, 1.165) is 24.1 Å². The van der Waals surface area contributed by atoms with E-state index in [4.69, 9.17) is 9.47 Å². The third-order valence-corrected chi connectivity index (χ3v) is 3.86. The van der Waals surface area contributed by atoms with Crippen molar-refractivity contribution < 1.29 is 19.1 Å². The summed E-state index contributed by atoms with van der Waals surface area (Å²) >= 11 is 0. The number of aryl methyl sites for hydroxylation is 1. The van der Waals surface area contributed by atoms with Gasteiger partial charge >= 0.3 is 5.97 Å². The number of amides is 1. The number of hydrogen-bond donors (Lipinski definition) is 1. The molecule has 0 aliphatic heterocycles. The third-order valence-electron chi connectivity index (χ3n) is 3.86. The molecule has 0 aromatic heterocycles. The first-order valence-electron chi connectivity index (χ1n) is 8.87. The van der Waals surface area contributed by atoms with E-state index in [1.807, 2.05) is 38.1 Å². The summed E-state index contributed by atoms with van der Waals surface area (Å²) in [5.74, 6) is -0.0749. The molecule has 0 saturated heterocycles. The lowest BCUT2D eigenvalue weighted by Crippen LogP contribution is -2.26. The third kappa shape index (κ3) is 5.34. The number of carbonyl (C=O) groups is 2. The Hall–Kier alpha value is -2.82. The van der Waals surface area contributed by atoms with Gasteiger partial charge in [0, 0.05) is 11.3 Å². The second-order valence-electron chi connectivity index (χ2n) is 5.92. The van der Waals surface area contributed by atoms with Gasteiger partial charge in [-0.1, -0.05) is 32.0 Å². The van der Waals surface area contributed by atoms with Gasteiger partial charge in [-0.05, 0) is 55.7 Å². The molecule has 0 radical (unpaired) electrons. The molecular weight excluding hydrogens is 330 g/mol. The largest absolute Gasteiger partial charge is 0.479 e. The Bertz CT molecular complexity index is 740. The lowest BCUT2D eigenvalue weighted by Gasteiger charge is -2.14. The molecule has 5 heteroatoms. The molecular formula is C21H25NO4. The van der Waals surface area contributed by atoms with Gasteiger partial charge in [0.25, 0.3) is 5.91 Å². The van der Waals surface area contributed by atoms with Crippen LogP contribution >= 0.6 is 0 Å². The van der Waals surface area contributed by atoms with Gasteiger partial charge in [0.2, 0.25) is 0 Å². The van der Waals surface area contributed by atoms with E-state index in [0.29, 0.717) is 17.9 Å². The van der Waals surface area contributed by atoms with E-state index in [2.05, 4.69) is 5.32 Å². The van der Waals surface area contributed by atoms with Crippen LogP contribution in [0.3, 0.4) is 0 Å². The molecule has 2 rings (SSSR count). The van der Waals surface area contributed by atoms with Crippen LogP contribution in [0.25, 0.3) is 0 Å². The number of nitrogens with one attached hydrogen (secondary N) is 1. The van der Waals surface area contributed by atoms with Crippen molar-refractivity contribution in [3.05, 3.63) is 59.7 Å². The van der Waals surface area contributed by atoms with Crippen LogP contribution in [0.4, 0.5) is 5.69 Å². The SMILES string of the molecule is CCCOC(=O)[C@H](C)Oc1ccc(C(=O)Nc2ccccc2CC)cc1. The van der Waals surface area contributed by atoms with Gasteiger partial charge < -0.3 is 14.8 Å². The maximum absolute atomic E-state index is 12.4. The van der Waals surface area contributed by atoms with Crippen molar-refractivity contribution in [1.82, 2.24) is 0 Å². The Morgan fingerprint density at radius 3 is 2.38 bits per heavy atom. The highest BCUT2D eigenvalue weighted by molar-refractivity contribution is 6.04. The molecule has 1 atom stereocenters. The van der Waals surface area contributed by atoms with Crippen molar-refractivity contribution in [2.24, 2.45) is 0 Å². The first kappa shape index (κ1) is 19.5. The van der Waals surface area contributed by atoms with Gasteiger partial charge in [0.15, 0.2) is 6.10 Å². The average molecular weight is 355 g/mol.